The number of benzene rings is 3. The average Bonchev–Trinajstić information content (AvgIpc) is 3.20. The van der Waals surface area contributed by atoms with Crippen molar-refractivity contribution in [1.82, 2.24) is 4.98 Å². The number of aryl methyl sites for hydroxylation is 1. The number of fused-ring (bicyclic) bond motifs is 3. The van der Waals surface area contributed by atoms with Gasteiger partial charge in [-0.15, -0.1) is 0 Å². The molecule has 1 heterocycles. The summed E-state index contributed by atoms with van der Waals surface area (Å²) in [6, 6.07) is 27.6. The quantitative estimate of drug-likeness (QED) is 0.236. The highest BCUT2D eigenvalue weighted by molar-refractivity contribution is 6.06. The summed E-state index contributed by atoms with van der Waals surface area (Å²) in [7, 11) is 0. The van der Waals surface area contributed by atoms with E-state index >= 15 is 0 Å². The molecule has 0 saturated heterocycles. The molecule has 4 rings (SSSR count). The van der Waals surface area contributed by atoms with Crippen molar-refractivity contribution < 1.29 is 0 Å². The molecular formula is C30H39N. The van der Waals surface area contributed by atoms with Crippen molar-refractivity contribution in [3.05, 3.63) is 84.4 Å². The minimum Gasteiger partial charge on any atom is -0.355 e. The van der Waals surface area contributed by atoms with Gasteiger partial charge in [0.15, 0.2) is 0 Å². The van der Waals surface area contributed by atoms with Crippen LogP contribution in [0.2, 0.25) is 0 Å². The molecule has 0 fully saturated rings. The summed E-state index contributed by atoms with van der Waals surface area (Å²) >= 11 is 0. The van der Waals surface area contributed by atoms with Gasteiger partial charge in [-0.2, -0.15) is 0 Å². The summed E-state index contributed by atoms with van der Waals surface area (Å²) in [6.45, 7) is 2.28. The first-order valence-corrected chi connectivity index (χ1v) is 12.4. The van der Waals surface area contributed by atoms with Crippen molar-refractivity contribution in [1.29, 1.82) is 0 Å². The Hall–Kier alpha value is -2.54. The van der Waals surface area contributed by atoms with Crippen LogP contribution < -0.4 is 0 Å². The molecule has 0 unspecified atom stereocenters. The molecule has 0 radical (unpaired) electrons. The Kier molecular flexibility index (Phi) is 10.2. The van der Waals surface area contributed by atoms with Gasteiger partial charge in [0.1, 0.15) is 0 Å². The molecular weight excluding hydrogens is 374 g/mol. The van der Waals surface area contributed by atoms with E-state index in [9.17, 15) is 0 Å². The van der Waals surface area contributed by atoms with Crippen molar-refractivity contribution in [3.8, 4) is 0 Å². The number of unbranched alkanes of at least 4 members (excludes halogenated alkanes) is 9. The molecule has 1 nitrogen and oxygen atoms in total. The van der Waals surface area contributed by atoms with Gasteiger partial charge < -0.3 is 4.98 Å². The van der Waals surface area contributed by atoms with Crippen LogP contribution in [0, 0.1) is 0 Å². The van der Waals surface area contributed by atoms with Crippen LogP contribution in [0.3, 0.4) is 0 Å². The van der Waals surface area contributed by atoms with Gasteiger partial charge in [0, 0.05) is 21.8 Å². The second kappa shape index (κ2) is 13.7. The van der Waals surface area contributed by atoms with E-state index in [1.54, 1.807) is 0 Å². The van der Waals surface area contributed by atoms with Crippen molar-refractivity contribution >= 4 is 21.8 Å². The van der Waals surface area contributed by atoms with Crippen molar-refractivity contribution in [3.63, 3.8) is 0 Å². The van der Waals surface area contributed by atoms with Crippen LogP contribution in [0.5, 0.6) is 0 Å². The number of hydrogen-bond acceptors (Lipinski definition) is 0. The number of nitrogens with one attached hydrogen (secondary N) is 1. The number of H-pyrrole nitrogens is 1. The minimum absolute atomic E-state index is 1.21. The second-order valence-corrected chi connectivity index (χ2v) is 8.63. The third-order valence-electron chi connectivity index (χ3n) is 6.08. The minimum atomic E-state index is 1.21. The van der Waals surface area contributed by atoms with E-state index in [2.05, 4.69) is 90.8 Å². The molecule has 0 aliphatic rings. The second-order valence-electron chi connectivity index (χ2n) is 8.63. The predicted molar refractivity (Wildman–Crippen MR) is 138 cm³/mol. The van der Waals surface area contributed by atoms with Crippen LogP contribution in [0.25, 0.3) is 21.8 Å². The van der Waals surface area contributed by atoms with Crippen molar-refractivity contribution in [2.45, 2.75) is 77.6 Å². The normalized spacial score (nSPS) is 10.9. The van der Waals surface area contributed by atoms with Crippen molar-refractivity contribution in [2.75, 3.05) is 0 Å². The van der Waals surface area contributed by atoms with Crippen LogP contribution in [0.15, 0.2) is 78.9 Å². The van der Waals surface area contributed by atoms with Crippen molar-refractivity contribution in [2.24, 2.45) is 0 Å². The molecule has 0 aliphatic carbocycles. The third-order valence-corrected chi connectivity index (χ3v) is 6.08. The van der Waals surface area contributed by atoms with E-state index < -0.39 is 0 Å². The lowest BCUT2D eigenvalue weighted by molar-refractivity contribution is 0.556. The zero-order valence-corrected chi connectivity index (χ0v) is 19.3. The van der Waals surface area contributed by atoms with Gasteiger partial charge >= 0.3 is 0 Å². The summed E-state index contributed by atoms with van der Waals surface area (Å²) in [5.41, 5.74) is 3.92. The Balaban J connectivity index is 0.000000183. The Morgan fingerprint density at radius 3 is 1.48 bits per heavy atom. The summed E-state index contributed by atoms with van der Waals surface area (Å²) in [5, 5.41) is 2.61. The van der Waals surface area contributed by atoms with Gasteiger partial charge in [-0.05, 0) is 30.5 Å². The number of aromatic nitrogens is 1. The van der Waals surface area contributed by atoms with E-state index in [0.717, 1.165) is 0 Å². The summed E-state index contributed by atoms with van der Waals surface area (Å²) < 4.78 is 0. The monoisotopic (exact) mass is 413 g/mol. The number of aromatic amines is 1. The lowest BCUT2D eigenvalue weighted by atomic mass is 10.0. The topological polar surface area (TPSA) is 15.8 Å². The van der Waals surface area contributed by atoms with Crippen LogP contribution in [0.4, 0.5) is 0 Å². The SMILES string of the molecule is CCCCCCCCCCCCc1ccccc1.c1ccc2c(c1)[nH]c1ccccc12. The summed E-state index contributed by atoms with van der Waals surface area (Å²) in [5.74, 6) is 0. The maximum absolute atomic E-state index is 3.38. The molecule has 0 aliphatic heterocycles. The predicted octanol–water partition coefficient (Wildman–Crippen LogP) is 9.47. The van der Waals surface area contributed by atoms with Gasteiger partial charge in [0.05, 0.1) is 0 Å². The standard InChI is InChI=1S/C18H30.C12H9N/c1-2-3-4-5-6-7-8-9-10-12-15-18-16-13-11-14-17-18;1-3-7-11-9(5-1)10-6-2-4-8-12(10)13-11/h11,13-14,16-17H,2-10,12,15H2,1H3;1-8,13H. The maximum atomic E-state index is 3.38. The number of rotatable bonds is 11. The molecule has 0 bridgehead atoms. The first-order chi connectivity index (χ1) is 15.4. The Bertz CT molecular complexity index is 933. The molecule has 1 heteroatoms. The molecule has 31 heavy (non-hydrogen) atoms. The lowest BCUT2D eigenvalue weighted by Crippen LogP contribution is -1.86. The first-order valence-electron chi connectivity index (χ1n) is 12.4. The summed E-state index contributed by atoms with van der Waals surface area (Å²) in [4.78, 5) is 3.38. The molecule has 0 spiro atoms. The number of hydrogen-bond donors (Lipinski definition) is 1. The van der Waals surface area contributed by atoms with Crippen LogP contribution in [0.1, 0.15) is 76.7 Å². The fourth-order valence-corrected chi connectivity index (χ4v) is 4.26. The molecule has 1 aromatic heterocycles. The molecule has 4 aromatic rings. The molecule has 164 valence electrons. The highest BCUT2D eigenvalue weighted by atomic mass is 14.7. The highest BCUT2D eigenvalue weighted by Crippen LogP contribution is 2.24. The van der Waals surface area contributed by atoms with Crippen LogP contribution in [-0.2, 0) is 6.42 Å². The van der Waals surface area contributed by atoms with Gasteiger partial charge in [0.2, 0.25) is 0 Å². The molecule has 3 aromatic carbocycles. The Labute approximate surface area is 188 Å². The van der Waals surface area contributed by atoms with Gasteiger partial charge in [-0.1, -0.05) is 131 Å². The Morgan fingerprint density at radius 1 is 0.484 bits per heavy atom. The van der Waals surface area contributed by atoms with E-state index in [0.29, 0.717) is 0 Å². The fraction of sp³-hybridized carbons (Fsp3) is 0.400. The molecule has 0 amide bonds. The smallest absolute Gasteiger partial charge is 0.0464 e. The highest BCUT2D eigenvalue weighted by Gasteiger charge is 2.00. The van der Waals surface area contributed by atoms with Crippen LogP contribution >= 0.6 is 0 Å². The van der Waals surface area contributed by atoms with E-state index in [-0.39, 0.29) is 0 Å². The van der Waals surface area contributed by atoms with Gasteiger partial charge in [0.25, 0.3) is 0 Å². The molecule has 1 N–H and O–H groups in total. The van der Waals surface area contributed by atoms with Crippen LogP contribution in [-0.4, -0.2) is 4.98 Å². The molecule has 0 saturated carbocycles. The molecule has 0 atom stereocenters. The third kappa shape index (κ3) is 7.90. The first kappa shape index (κ1) is 23.1. The average molecular weight is 414 g/mol. The zero-order chi connectivity index (χ0) is 21.6. The maximum Gasteiger partial charge on any atom is 0.0464 e. The number of para-hydroxylation sites is 2. The summed E-state index contributed by atoms with van der Waals surface area (Å²) in [6.07, 6.45) is 15.5. The van der Waals surface area contributed by atoms with E-state index in [1.807, 2.05) is 0 Å². The van der Waals surface area contributed by atoms with E-state index in [4.69, 9.17) is 0 Å². The zero-order valence-electron chi connectivity index (χ0n) is 19.3. The van der Waals surface area contributed by atoms with Gasteiger partial charge in [-0.25, -0.2) is 0 Å². The van der Waals surface area contributed by atoms with Gasteiger partial charge in [-0.3, -0.25) is 0 Å². The van der Waals surface area contributed by atoms with E-state index in [1.165, 1.54) is 98.0 Å². The fourth-order valence-electron chi connectivity index (χ4n) is 4.26. The largest absolute Gasteiger partial charge is 0.355 e. The lowest BCUT2D eigenvalue weighted by Gasteiger charge is -2.03. The Morgan fingerprint density at radius 2 is 0.935 bits per heavy atom.